The molecule has 1 atom stereocenters. The third-order valence-electron chi connectivity index (χ3n) is 3.18. The summed E-state index contributed by atoms with van der Waals surface area (Å²) in [5, 5.41) is 7.65. The summed E-state index contributed by atoms with van der Waals surface area (Å²) in [6.07, 6.45) is 0.774. The van der Waals surface area contributed by atoms with Crippen molar-refractivity contribution in [2.45, 2.75) is 19.4 Å². The van der Waals surface area contributed by atoms with Gasteiger partial charge in [-0.1, -0.05) is 22.0 Å². The number of hydrogen-bond donors (Lipinski definition) is 1. The molecular formula is C14H17BrFN3. The van der Waals surface area contributed by atoms with Gasteiger partial charge < -0.3 is 5.32 Å². The van der Waals surface area contributed by atoms with Crippen molar-refractivity contribution in [1.29, 1.82) is 0 Å². The summed E-state index contributed by atoms with van der Waals surface area (Å²) in [6.45, 7) is 1.98. The van der Waals surface area contributed by atoms with Crippen molar-refractivity contribution in [3.05, 3.63) is 51.5 Å². The molecule has 0 saturated carbocycles. The van der Waals surface area contributed by atoms with Gasteiger partial charge in [-0.05, 0) is 44.2 Å². The lowest BCUT2D eigenvalue weighted by Gasteiger charge is -2.17. The van der Waals surface area contributed by atoms with E-state index in [4.69, 9.17) is 0 Å². The number of nitrogens with one attached hydrogen (secondary N) is 1. The van der Waals surface area contributed by atoms with Crippen molar-refractivity contribution in [3.8, 4) is 0 Å². The number of halogens is 2. The van der Waals surface area contributed by atoms with E-state index < -0.39 is 0 Å². The van der Waals surface area contributed by atoms with Gasteiger partial charge in [-0.3, -0.25) is 4.68 Å². The molecule has 1 heterocycles. The summed E-state index contributed by atoms with van der Waals surface area (Å²) < 4.78 is 15.8. The summed E-state index contributed by atoms with van der Waals surface area (Å²) in [6, 6.07) is 7.01. The maximum atomic E-state index is 13.1. The van der Waals surface area contributed by atoms with Crippen LogP contribution in [0.5, 0.6) is 0 Å². The van der Waals surface area contributed by atoms with E-state index in [2.05, 4.69) is 32.4 Å². The van der Waals surface area contributed by atoms with Crippen LogP contribution in [0.1, 0.15) is 23.0 Å². The van der Waals surface area contributed by atoms with Crippen molar-refractivity contribution in [2.75, 3.05) is 7.05 Å². The zero-order valence-corrected chi connectivity index (χ0v) is 12.8. The largest absolute Gasteiger partial charge is 0.311 e. The van der Waals surface area contributed by atoms with E-state index >= 15 is 0 Å². The number of aromatic nitrogens is 2. The highest BCUT2D eigenvalue weighted by Crippen LogP contribution is 2.24. The molecule has 19 heavy (non-hydrogen) atoms. The van der Waals surface area contributed by atoms with Gasteiger partial charge in [0.25, 0.3) is 0 Å². The lowest BCUT2D eigenvalue weighted by atomic mass is 10.0. The molecule has 0 saturated heterocycles. The Morgan fingerprint density at radius 1 is 1.42 bits per heavy atom. The standard InChI is InChI=1S/C14H17BrFN3/c1-9-6-14(19(3)18-9)13(17-2)7-10-4-5-11(16)8-12(10)15/h4-6,8,13,17H,7H2,1-3H3. The van der Waals surface area contributed by atoms with Gasteiger partial charge in [0.2, 0.25) is 0 Å². The van der Waals surface area contributed by atoms with E-state index in [-0.39, 0.29) is 11.9 Å². The molecule has 0 aliphatic heterocycles. The van der Waals surface area contributed by atoms with E-state index in [1.54, 1.807) is 0 Å². The minimum Gasteiger partial charge on any atom is -0.311 e. The Morgan fingerprint density at radius 3 is 2.68 bits per heavy atom. The molecule has 0 aliphatic carbocycles. The van der Waals surface area contributed by atoms with E-state index in [1.165, 1.54) is 12.1 Å². The van der Waals surface area contributed by atoms with Gasteiger partial charge in [0, 0.05) is 11.5 Å². The highest BCUT2D eigenvalue weighted by molar-refractivity contribution is 9.10. The van der Waals surface area contributed by atoms with Crippen LogP contribution in [0.4, 0.5) is 4.39 Å². The first kappa shape index (κ1) is 14.2. The van der Waals surface area contributed by atoms with Gasteiger partial charge in [-0.15, -0.1) is 0 Å². The first-order valence-corrected chi connectivity index (χ1v) is 6.92. The predicted octanol–water partition coefficient (Wildman–Crippen LogP) is 3.13. The second-order valence-electron chi connectivity index (χ2n) is 4.62. The molecule has 5 heteroatoms. The zero-order chi connectivity index (χ0) is 14.0. The van der Waals surface area contributed by atoms with Crippen LogP contribution in [-0.2, 0) is 13.5 Å². The minimum atomic E-state index is -0.229. The highest BCUT2D eigenvalue weighted by atomic mass is 79.9. The first-order valence-electron chi connectivity index (χ1n) is 6.13. The zero-order valence-electron chi connectivity index (χ0n) is 11.2. The van der Waals surface area contributed by atoms with Crippen LogP contribution in [0, 0.1) is 12.7 Å². The summed E-state index contributed by atoms with van der Waals surface area (Å²) in [5.74, 6) is -0.229. The van der Waals surface area contributed by atoms with Crippen molar-refractivity contribution in [1.82, 2.24) is 15.1 Å². The Morgan fingerprint density at radius 2 is 2.16 bits per heavy atom. The van der Waals surface area contributed by atoms with Crippen LogP contribution in [0.15, 0.2) is 28.7 Å². The second kappa shape index (κ2) is 5.84. The van der Waals surface area contributed by atoms with Crippen molar-refractivity contribution < 1.29 is 4.39 Å². The van der Waals surface area contributed by atoms with Gasteiger partial charge in [0.05, 0.1) is 17.4 Å². The van der Waals surface area contributed by atoms with Crippen molar-refractivity contribution >= 4 is 15.9 Å². The SMILES string of the molecule is CNC(Cc1ccc(F)cc1Br)c1cc(C)nn1C. The lowest BCUT2D eigenvalue weighted by Crippen LogP contribution is -2.21. The molecule has 0 radical (unpaired) electrons. The van der Waals surface area contributed by atoms with E-state index in [9.17, 15) is 4.39 Å². The Kier molecular flexibility index (Phi) is 4.37. The van der Waals surface area contributed by atoms with Gasteiger partial charge in [-0.25, -0.2) is 4.39 Å². The maximum absolute atomic E-state index is 13.1. The van der Waals surface area contributed by atoms with Gasteiger partial charge in [-0.2, -0.15) is 5.10 Å². The average Bonchev–Trinajstić information content (AvgIpc) is 2.68. The predicted molar refractivity (Wildman–Crippen MR) is 77.5 cm³/mol. The molecule has 1 aromatic carbocycles. The summed E-state index contributed by atoms with van der Waals surface area (Å²) in [7, 11) is 3.86. The van der Waals surface area contributed by atoms with Crippen LogP contribution in [0.25, 0.3) is 0 Å². The smallest absolute Gasteiger partial charge is 0.124 e. The molecule has 2 rings (SSSR count). The average molecular weight is 326 g/mol. The maximum Gasteiger partial charge on any atom is 0.124 e. The third-order valence-corrected chi connectivity index (χ3v) is 3.92. The fraction of sp³-hybridized carbons (Fsp3) is 0.357. The number of nitrogens with zero attached hydrogens (tertiary/aromatic N) is 2. The molecule has 0 fully saturated rings. The van der Waals surface area contributed by atoms with E-state index in [0.717, 1.165) is 27.8 Å². The van der Waals surface area contributed by atoms with Crippen LogP contribution in [0.2, 0.25) is 0 Å². The quantitative estimate of drug-likeness (QED) is 0.935. The monoisotopic (exact) mass is 325 g/mol. The Hall–Kier alpha value is -1.20. The number of rotatable bonds is 4. The number of aryl methyl sites for hydroxylation is 2. The first-order chi connectivity index (χ1) is 9.01. The normalized spacial score (nSPS) is 12.7. The van der Waals surface area contributed by atoms with Crippen LogP contribution in [0.3, 0.4) is 0 Å². The van der Waals surface area contributed by atoms with E-state index in [1.807, 2.05) is 31.8 Å². The molecule has 0 amide bonds. The van der Waals surface area contributed by atoms with Crippen molar-refractivity contribution in [3.63, 3.8) is 0 Å². The Bertz CT molecular complexity index is 580. The van der Waals surface area contributed by atoms with Crippen molar-refractivity contribution in [2.24, 2.45) is 7.05 Å². The van der Waals surface area contributed by atoms with Gasteiger partial charge in [0.15, 0.2) is 0 Å². The summed E-state index contributed by atoms with van der Waals surface area (Å²) in [4.78, 5) is 0. The van der Waals surface area contributed by atoms with Crippen LogP contribution >= 0.6 is 15.9 Å². The topological polar surface area (TPSA) is 29.9 Å². The third kappa shape index (κ3) is 3.22. The molecule has 1 unspecified atom stereocenters. The van der Waals surface area contributed by atoms with Gasteiger partial charge >= 0.3 is 0 Å². The fourth-order valence-electron chi connectivity index (χ4n) is 2.22. The highest BCUT2D eigenvalue weighted by Gasteiger charge is 2.16. The number of likely N-dealkylation sites (N-methyl/N-ethyl adjacent to an activating group) is 1. The van der Waals surface area contributed by atoms with Crippen LogP contribution < -0.4 is 5.32 Å². The molecule has 0 spiro atoms. The molecule has 102 valence electrons. The molecule has 0 bridgehead atoms. The molecule has 2 aromatic rings. The Labute approximate surface area is 121 Å². The molecule has 3 nitrogen and oxygen atoms in total. The van der Waals surface area contributed by atoms with E-state index in [0.29, 0.717) is 0 Å². The molecule has 1 N–H and O–H groups in total. The van der Waals surface area contributed by atoms with Gasteiger partial charge in [0.1, 0.15) is 5.82 Å². The molecular weight excluding hydrogens is 309 g/mol. The molecule has 0 aliphatic rings. The Balaban J connectivity index is 2.26. The molecule has 1 aromatic heterocycles. The number of benzene rings is 1. The summed E-state index contributed by atoms with van der Waals surface area (Å²) in [5.41, 5.74) is 3.19. The minimum absolute atomic E-state index is 0.146. The number of hydrogen-bond acceptors (Lipinski definition) is 2. The summed E-state index contributed by atoms with van der Waals surface area (Å²) >= 11 is 3.41. The lowest BCUT2D eigenvalue weighted by molar-refractivity contribution is 0.535. The van der Waals surface area contributed by atoms with Crippen LogP contribution in [-0.4, -0.2) is 16.8 Å². The second-order valence-corrected chi connectivity index (χ2v) is 5.47. The fourth-order valence-corrected chi connectivity index (χ4v) is 2.73.